The van der Waals surface area contributed by atoms with Gasteiger partial charge in [0.15, 0.2) is 0 Å². The molecule has 0 aliphatic rings. The van der Waals surface area contributed by atoms with Crippen LogP contribution in [0.4, 0.5) is 0 Å². The van der Waals surface area contributed by atoms with Crippen molar-refractivity contribution in [3.63, 3.8) is 0 Å². The summed E-state index contributed by atoms with van der Waals surface area (Å²) in [6, 6.07) is 7.04. The molecule has 0 fully saturated rings. The van der Waals surface area contributed by atoms with Gasteiger partial charge in [-0.25, -0.2) is 4.98 Å². The van der Waals surface area contributed by atoms with E-state index in [1.807, 2.05) is 6.07 Å². The van der Waals surface area contributed by atoms with Gasteiger partial charge in [0.2, 0.25) is 0 Å². The summed E-state index contributed by atoms with van der Waals surface area (Å²) in [5, 5.41) is 3.40. The van der Waals surface area contributed by atoms with Gasteiger partial charge in [0.05, 0.1) is 10.3 Å². The van der Waals surface area contributed by atoms with Crippen LogP contribution in [0.1, 0.15) is 23.5 Å². The highest BCUT2D eigenvalue weighted by Crippen LogP contribution is 2.21. The minimum absolute atomic E-state index is 0. The zero-order valence-corrected chi connectivity index (χ0v) is 15.8. The number of hydrogen-bond donors (Lipinski definition) is 1. The maximum atomic E-state index is 12.5. The van der Waals surface area contributed by atoms with E-state index in [4.69, 9.17) is 0 Å². The van der Waals surface area contributed by atoms with Gasteiger partial charge in [-0.2, -0.15) is 0 Å². The van der Waals surface area contributed by atoms with E-state index in [0.717, 1.165) is 19.6 Å². The minimum atomic E-state index is -0.154. The highest BCUT2D eigenvalue weighted by molar-refractivity contribution is 7.20. The maximum Gasteiger partial charge on any atom is 0.266 e. The Labute approximate surface area is 155 Å². The van der Waals surface area contributed by atoms with Crippen LogP contribution in [0, 0.1) is 0 Å². The van der Waals surface area contributed by atoms with Gasteiger partial charge in [-0.3, -0.25) is 14.0 Å². The van der Waals surface area contributed by atoms with E-state index in [2.05, 4.69) is 29.0 Å². The third-order valence-electron chi connectivity index (χ3n) is 4.05. The van der Waals surface area contributed by atoms with Crippen molar-refractivity contribution in [1.29, 1.82) is 0 Å². The molecule has 0 radical (unpaired) electrons. The summed E-state index contributed by atoms with van der Waals surface area (Å²) in [5.41, 5.74) is 0.444. The molecule has 1 amide bonds. The van der Waals surface area contributed by atoms with Gasteiger partial charge in [0.1, 0.15) is 10.5 Å². The normalized spacial score (nSPS) is 11.0. The number of likely N-dealkylation sites (N-methyl/N-ethyl adjacent to an activating group) is 1. The molecule has 3 rings (SSSR count). The monoisotopic (exact) mass is 380 g/mol. The molecule has 0 saturated carbocycles. The van der Waals surface area contributed by atoms with E-state index in [0.29, 0.717) is 27.3 Å². The predicted octanol–water partition coefficient (Wildman–Crippen LogP) is 2.40. The molecular formula is C17H21ClN4O2S. The number of carbonyl (C=O) groups excluding carboxylic acids is 1. The van der Waals surface area contributed by atoms with Crippen LogP contribution in [0.5, 0.6) is 0 Å². The second-order valence-electron chi connectivity index (χ2n) is 5.46. The lowest BCUT2D eigenvalue weighted by molar-refractivity contribution is 0.0953. The number of nitrogens with one attached hydrogen (secondary N) is 1. The highest BCUT2D eigenvalue weighted by atomic mass is 35.5. The number of rotatable bonds is 6. The third kappa shape index (κ3) is 4.00. The van der Waals surface area contributed by atoms with Crippen molar-refractivity contribution in [3.05, 3.63) is 45.7 Å². The average Bonchev–Trinajstić information content (AvgIpc) is 3.03. The molecule has 0 aromatic carbocycles. The van der Waals surface area contributed by atoms with Crippen molar-refractivity contribution in [3.8, 4) is 0 Å². The maximum absolute atomic E-state index is 12.5. The summed E-state index contributed by atoms with van der Waals surface area (Å²) in [6.45, 7) is 7.52. The molecule has 0 saturated heterocycles. The molecule has 8 heteroatoms. The van der Waals surface area contributed by atoms with Crippen molar-refractivity contribution >= 4 is 45.5 Å². The van der Waals surface area contributed by atoms with Crippen LogP contribution in [0.3, 0.4) is 0 Å². The molecule has 3 aromatic heterocycles. The molecule has 134 valence electrons. The van der Waals surface area contributed by atoms with Crippen molar-refractivity contribution in [2.24, 2.45) is 0 Å². The lowest BCUT2D eigenvalue weighted by Gasteiger charge is -2.17. The molecule has 1 N–H and O–H groups in total. The summed E-state index contributed by atoms with van der Waals surface area (Å²) < 4.78 is 1.50. The van der Waals surface area contributed by atoms with E-state index in [1.165, 1.54) is 15.7 Å². The molecule has 0 atom stereocenters. The van der Waals surface area contributed by atoms with Gasteiger partial charge >= 0.3 is 0 Å². The van der Waals surface area contributed by atoms with Crippen LogP contribution in [0.15, 0.2) is 35.3 Å². The summed E-state index contributed by atoms with van der Waals surface area (Å²) in [4.78, 5) is 32.6. The van der Waals surface area contributed by atoms with Gasteiger partial charge in [-0.05, 0) is 31.3 Å². The Morgan fingerprint density at radius 2 is 2.08 bits per heavy atom. The second kappa shape index (κ2) is 8.42. The number of hydrogen-bond acceptors (Lipinski definition) is 5. The number of amides is 1. The average molecular weight is 381 g/mol. The Hall–Kier alpha value is -1.96. The zero-order valence-electron chi connectivity index (χ0n) is 14.2. The van der Waals surface area contributed by atoms with Crippen LogP contribution >= 0.6 is 23.7 Å². The van der Waals surface area contributed by atoms with E-state index >= 15 is 0 Å². The topological polar surface area (TPSA) is 66.7 Å². The lowest BCUT2D eigenvalue weighted by Crippen LogP contribution is -2.34. The van der Waals surface area contributed by atoms with Crippen LogP contribution in [0.25, 0.3) is 15.9 Å². The number of pyridine rings is 1. The first-order valence-corrected chi connectivity index (χ1v) is 8.87. The molecular weight excluding hydrogens is 360 g/mol. The SMILES string of the molecule is CCN(CC)CCNC(=O)c1cc2c(=O)n3ccccc3nc2s1.Cl. The van der Waals surface area contributed by atoms with Gasteiger partial charge in [-0.15, -0.1) is 23.7 Å². The van der Waals surface area contributed by atoms with E-state index in [-0.39, 0.29) is 23.9 Å². The first-order chi connectivity index (χ1) is 11.6. The Balaban J connectivity index is 0.00000225. The van der Waals surface area contributed by atoms with E-state index < -0.39 is 0 Å². The van der Waals surface area contributed by atoms with Crippen molar-refractivity contribution in [1.82, 2.24) is 19.6 Å². The van der Waals surface area contributed by atoms with Crippen LogP contribution in [0.2, 0.25) is 0 Å². The number of nitrogens with zero attached hydrogens (tertiary/aromatic N) is 3. The molecule has 0 aliphatic carbocycles. The highest BCUT2D eigenvalue weighted by Gasteiger charge is 2.14. The quantitative estimate of drug-likeness (QED) is 0.713. The fourth-order valence-electron chi connectivity index (χ4n) is 2.61. The molecule has 0 bridgehead atoms. The minimum Gasteiger partial charge on any atom is -0.350 e. The molecule has 6 nitrogen and oxygen atoms in total. The van der Waals surface area contributed by atoms with Crippen LogP contribution < -0.4 is 10.9 Å². The molecule has 0 unspecified atom stereocenters. The largest absolute Gasteiger partial charge is 0.350 e. The zero-order chi connectivity index (χ0) is 17.1. The summed E-state index contributed by atoms with van der Waals surface area (Å²) in [7, 11) is 0. The van der Waals surface area contributed by atoms with Crippen molar-refractivity contribution in [2.45, 2.75) is 13.8 Å². The Kier molecular flexibility index (Phi) is 6.52. The summed E-state index contributed by atoms with van der Waals surface area (Å²) in [6.07, 6.45) is 1.69. The Morgan fingerprint density at radius 3 is 2.80 bits per heavy atom. The van der Waals surface area contributed by atoms with E-state index in [9.17, 15) is 9.59 Å². The van der Waals surface area contributed by atoms with Gasteiger partial charge in [-0.1, -0.05) is 19.9 Å². The third-order valence-corrected chi connectivity index (χ3v) is 5.08. The standard InChI is InChI=1S/C17H20N4O2S.ClH/c1-3-20(4-2)10-8-18-15(22)13-11-12-16(24-13)19-14-7-5-6-9-21(14)17(12)23;/h5-7,9,11H,3-4,8,10H2,1-2H3,(H,18,22);1H. The number of halogens is 1. The molecule has 3 heterocycles. The first-order valence-electron chi connectivity index (χ1n) is 8.05. The van der Waals surface area contributed by atoms with Crippen molar-refractivity contribution < 1.29 is 4.79 Å². The first kappa shape index (κ1) is 19.4. The van der Waals surface area contributed by atoms with Crippen LogP contribution in [-0.4, -0.2) is 46.4 Å². The van der Waals surface area contributed by atoms with E-state index in [1.54, 1.807) is 24.4 Å². The number of thiophene rings is 1. The van der Waals surface area contributed by atoms with Crippen LogP contribution in [-0.2, 0) is 0 Å². The second-order valence-corrected chi connectivity index (χ2v) is 6.49. The van der Waals surface area contributed by atoms with Gasteiger partial charge in [0.25, 0.3) is 11.5 Å². The Bertz CT molecular complexity index is 933. The van der Waals surface area contributed by atoms with Gasteiger partial charge in [0, 0.05) is 19.3 Å². The fraction of sp³-hybridized carbons (Fsp3) is 0.353. The summed E-state index contributed by atoms with van der Waals surface area (Å²) in [5.74, 6) is -0.154. The number of aromatic nitrogens is 2. The summed E-state index contributed by atoms with van der Waals surface area (Å²) >= 11 is 1.25. The molecule has 3 aromatic rings. The molecule has 25 heavy (non-hydrogen) atoms. The molecule has 0 spiro atoms. The Morgan fingerprint density at radius 1 is 1.32 bits per heavy atom. The number of carbonyl (C=O) groups is 1. The predicted molar refractivity (Wildman–Crippen MR) is 104 cm³/mol. The number of fused-ring (bicyclic) bond motifs is 2. The smallest absolute Gasteiger partial charge is 0.266 e. The lowest BCUT2D eigenvalue weighted by atomic mass is 10.3. The van der Waals surface area contributed by atoms with Crippen molar-refractivity contribution in [2.75, 3.05) is 26.2 Å². The fourth-order valence-corrected chi connectivity index (χ4v) is 3.56. The molecule has 0 aliphatic heterocycles. The van der Waals surface area contributed by atoms with Gasteiger partial charge < -0.3 is 10.2 Å².